The Bertz CT molecular complexity index is 4200. The van der Waals surface area contributed by atoms with Crippen LogP contribution in [0.2, 0.25) is 0 Å². The molecule has 0 N–H and O–H groups in total. The number of fused-ring (bicyclic) bond motifs is 5. The second kappa shape index (κ2) is 23.5. The Hall–Kier alpha value is -10.4. The van der Waals surface area contributed by atoms with Crippen LogP contribution >= 0.6 is 0 Å². The van der Waals surface area contributed by atoms with Crippen LogP contribution in [0.3, 0.4) is 0 Å². The first-order valence-electron chi connectivity index (χ1n) is 27.0. The molecule has 12 rings (SSSR count). The van der Waals surface area contributed by atoms with Crippen LogP contribution in [0.25, 0.3) is 61.1 Å². The molecule has 0 radical (unpaired) electrons. The zero-order valence-electron chi connectivity index (χ0n) is 45.3. The molecule has 0 bridgehead atoms. The number of benzene rings is 9. The van der Waals surface area contributed by atoms with Gasteiger partial charge < -0.3 is 19.3 Å². The largest absolute Gasteiger partial charge is 0.337 e. The average molecular weight is 1030 g/mol. The number of hydrogen-bond donors (Lipinski definition) is 0. The van der Waals surface area contributed by atoms with E-state index in [-0.39, 0.29) is 0 Å². The van der Waals surface area contributed by atoms with Crippen molar-refractivity contribution in [3.05, 3.63) is 272 Å². The van der Waals surface area contributed by atoms with Gasteiger partial charge in [0.1, 0.15) is 0 Å². The minimum Gasteiger partial charge on any atom is -0.337 e. The van der Waals surface area contributed by atoms with Crippen LogP contribution < -0.4 is 14.7 Å². The fourth-order valence-electron chi connectivity index (χ4n) is 10.8. The maximum Gasteiger partial charge on any atom is 0.0973 e. The second-order valence-electron chi connectivity index (χ2n) is 19.7. The Balaban J connectivity index is 0.00000334. The molecule has 9 aromatic carbocycles. The van der Waals surface area contributed by atoms with Crippen molar-refractivity contribution in [2.75, 3.05) is 21.2 Å². The summed E-state index contributed by atoms with van der Waals surface area (Å²) in [5, 5.41) is 2.37. The normalized spacial score (nSPS) is 13.5. The number of para-hydroxylation sites is 5. The van der Waals surface area contributed by atoms with Gasteiger partial charge in [-0.05, 0) is 160 Å². The van der Waals surface area contributed by atoms with Crippen LogP contribution in [0.15, 0.2) is 260 Å². The lowest BCUT2D eigenvalue weighted by Gasteiger charge is -2.29. The Labute approximate surface area is 470 Å². The number of aryl methyl sites for hydroxylation is 1. The Morgan fingerprint density at radius 3 is 1.64 bits per heavy atom. The Morgan fingerprint density at radius 2 is 1.06 bits per heavy atom. The maximum atomic E-state index is 5.64. The molecule has 2 aromatic heterocycles. The van der Waals surface area contributed by atoms with Crippen molar-refractivity contribution in [1.29, 1.82) is 0 Å². The number of terminal acetylenes is 2. The molecule has 0 aliphatic carbocycles. The van der Waals surface area contributed by atoms with E-state index in [2.05, 4.69) is 289 Å². The summed E-state index contributed by atoms with van der Waals surface area (Å²) in [5.41, 5.74) is 21.1. The monoisotopic (exact) mass is 1030 g/mol. The number of rotatable bonds is 12. The summed E-state index contributed by atoms with van der Waals surface area (Å²) in [5.74, 6) is 2.74. The molecule has 0 saturated heterocycles. The fraction of sp³-hybridized carbons (Fsp3) is 0.0811. The third-order valence-electron chi connectivity index (χ3n) is 14.6. The summed E-state index contributed by atoms with van der Waals surface area (Å²) >= 11 is 0. The smallest absolute Gasteiger partial charge is 0.0973 e. The summed E-state index contributed by atoms with van der Waals surface area (Å²) < 4.78 is 2.34. The third kappa shape index (κ3) is 10.4. The molecule has 0 fully saturated rings. The molecule has 0 atom stereocenters. The molecule has 3 heterocycles. The van der Waals surface area contributed by atoms with Gasteiger partial charge in [-0.2, -0.15) is 0 Å². The van der Waals surface area contributed by atoms with Gasteiger partial charge in [0.25, 0.3) is 0 Å². The van der Waals surface area contributed by atoms with Gasteiger partial charge in [-0.1, -0.05) is 139 Å². The van der Waals surface area contributed by atoms with Crippen LogP contribution in [0.1, 0.15) is 31.4 Å². The van der Waals surface area contributed by atoms with Crippen molar-refractivity contribution in [2.24, 2.45) is 0 Å². The van der Waals surface area contributed by atoms with Crippen molar-refractivity contribution in [3.63, 3.8) is 0 Å². The van der Waals surface area contributed by atoms with Gasteiger partial charge in [-0.15, -0.1) is 25.2 Å². The van der Waals surface area contributed by atoms with Crippen molar-refractivity contribution < 1.29 is 0 Å². The van der Waals surface area contributed by atoms with Crippen molar-refractivity contribution in [2.45, 2.75) is 33.6 Å². The SMILES string of the molecule is C#C.C#CC/C=C\C(=C/C)n1c2ccc(C)cc2c2cc(N(c3ccccc3)c3ccc(-c4nc5ccccc5nc4-c4ccc(N(c5ccccc5)c5ccc6c(c5)C/C=C(C)\C=C/CN6c5ccccc5)cc4)cc3)ccc21. The zero-order chi connectivity index (χ0) is 55.0. The fourth-order valence-corrected chi connectivity index (χ4v) is 10.8. The molecule has 0 unspecified atom stereocenters. The highest BCUT2D eigenvalue weighted by atomic mass is 15.2. The van der Waals surface area contributed by atoms with Crippen LogP contribution in [0, 0.1) is 32.1 Å². The summed E-state index contributed by atoms with van der Waals surface area (Å²) in [4.78, 5) is 17.8. The number of anilines is 8. The zero-order valence-corrected chi connectivity index (χ0v) is 45.3. The number of allylic oxidation sites excluding steroid dienone is 7. The molecular weight excluding hydrogens is 973 g/mol. The van der Waals surface area contributed by atoms with Gasteiger partial charge >= 0.3 is 0 Å². The summed E-state index contributed by atoms with van der Waals surface area (Å²) in [7, 11) is 0. The summed E-state index contributed by atoms with van der Waals surface area (Å²) in [6.45, 7) is 7.19. The molecule has 0 spiro atoms. The first-order chi connectivity index (χ1) is 39.4. The van der Waals surface area contributed by atoms with Crippen molar-refractivity contribution in [1.82, 2.24) is 14.5 Å². The van der Waals surface area contributed by atoms with Crippen molar-refractivity contribution in [3.8, 4) is 47.7 Å². The first kappa shape index (κ1) is 51.7. The Morgan fingerprint density at radius 1 is 0.562 bits per heavy atom. The van der Waals surface area contributed by atoms with Gasteiger partial charge in [0.05, 0.1) is 33.5 Å². The van der Waals surface area contributed by atoms with Gasteiger partial charge in [0.2, 0.25) is 0 Å². The quantitative estimate of drug-likeness (QED) is 0.0901. The number of nitrogens with zero attached hydrogens (tertiary/aromatic N) is 6. The van der Waals surface area contributed by atoms with Crippen LogP contribution in [0.5, 0.6) is 0 Å². The van der Waals surface area contributed by atoms with E-state index < -0.39 is 0 Å². The average Bonchev–Trinajstić information content (AvgIpc) is 4.08. The molecule has 0 saturated carbocycles. The topological polar surface area (TPSA) is 40.4 Å². The second-order valence-corrected chi connectivity index (χ2v) is 19.7. The van der Waals surface area contributed by atoms with E-state index >= 15 is 0 Å². The lowest BCUT2D eigenvalue weighted by molar-refractivity contribution is 1.07. The first-order valence-corrected chi connectivity index (χ1v) is 27.0. The van der Waals surface area contributed by atoms with E-state index in [0.717, 1.165) is 97.4 Å². The van der Waals surface area contributed by atoms with Gasteiger partial charge in [0.15, 0.2) is 0 Å². The molecule has 0 amide bonds. The van der Waals surface area contributed by atoms with Gasteiger partial charge in [0, 0.05) is 86.1 Å². The van der Waals surface area contributed by atoms with Crippen LogP contribution in [-0.4, -0.2) is 21.1 Å². The lowest BCUT2D eigenvalue weighted by Crippen LogP contribution is -2.19. The standard InChI is InChI=1S/C72H58N6.C2H2/c1-5-7-11-22-56(6-2)78-69-44-32-52(4)48-64(69)65-50-63(43-46-70(65)78)77(59-27-16-10-17-28-59)61-40-36-54(37-41-61)72-71(73-66-29-18-19-30-67(66)74-72)53-34-38-60(39-35-53)76(58-25-14-9-15-26-58)62-42-45-68-55(49-62)33-31-51(3)21-20-47-75(68)57-23-12-8-13-24-57;1-2/h1,6,8-32,34-46,48-50H,7,33,47H2,2-4H3;1-2H/b21-20-,22-11-,51-31-,56-6+;. The predicted molar refractivity (Wildman–Crippen MR) is 340 cm³/mol. The minimum atomic E-state index is 0.571. The maximum absolute atomic E-state index is 5.64. The van der Waals surface area contributed by atoms with E-state index in [1.54, 1.807) is 0 Å². The molecule has 6 heteroatoms. The summed E-state index contributed by atoms with van der Waals surface area (Å²) in [6.07, 6.45) is 28.2. The highest BCUT2D eigenvalue weighted by Crippen LogP contribution is 2.43. The molecule has 1 aliphatic heterocycles. The van der Waals surface area contributed by atoms with E-state index in [0.29, 0.717) is 6.42 Å². The molecule has 11 aromatic rings. The number of aromatic nitrogens is 3. The van der Waals surface area contributed by atoms with E-state index in [1.807, 2.05) is 24.3 Å². The van der Waals surface area contributed by atoms with E-state index in [1.165, 1.54) is 38.8 Å². The molecule has 386 valence electrons. The van der Waals surface area contributed by atoms with Crippen LogP contribution in [0.4, 0.5) is 45.5 Å². The highest BCUT2D eigenvalue weighted by molar-refractivity contribution is 6.12. The molecule has 6 nitrogen and oxygen atoms in total. The van der Waals surface area contributed by atoms with Crippen molar-refractivity contribution >= 4 is 84.0 Å². The minimum absolute atomic E-state index is 0.571. The molecule has 80 heavy (non-hydrogen) atoms. The molecular formula is C74H60N6. The predicted octanol–water partition coefficient (Wildman–Crippen LogP) is 19.2. The van der Waals surface area contributed by atoms with E-state index in [4.69, 9.17) is 16.4 Å². The Kier molecular flexibility index (Phi) is 15.2. The van der Waals surface area contributed by atoms with E-state index in [9.17, 15) is 0 Å². The molecule has 1 aliphatic rings. The van der Waals surface area contributed by atoms with Crippen LogP contribution in [-0.2, 0) is 6.42 Å². The highest BCUT2D eigenvalue weighted by Gasteiger charge is 2.22. The number of hydrogen-bond acceptors (Lipinski definition) is 5. The van der Waals surface area contributed by atoms with Gasteiger partial charge in [-0.3, -0.25) is 0 Å². The van der Waals surface area contributed by atoms with Gasteiger partial charge in [-0.25, -0.2) is 9.97 Å². The summed E-state index contributed by atoms with van der Waals surface area (Å²) in [6, 6.07) is 78.0. The third-order valence-corrected chi connectivity index (χ3v) is 14.6. The lowest BCUT2D eigenvalue weighted by atomic mass is 10.0.